The summed E-state index contributed by atoms with van der Waals surface area (Å²) in [5.74, 6) is 1.07. The van der Waals surface area contributed by atoms with Crippen LogP contribution in [-0.4, -0.2) is 33.9 Å². The van der Waals surface area contributed by atoms with Gasteiger partial charge in [-0.3, -0.25) is 4.90 Å². The fourth-order valence-corrected chi connectivity index (χ4v) is 5.47. The van der Waals surface area contributed by atoms with Crippen molar-refractivity contribution in [2.75, 3.05) is 18.5 Å². The van der Waals surface area contributed by atoms with E-state index in [1.54, 1.807) is 24.3 Å². The van der Waals surface area contributed by atoms with Crippen LogP contribution in [0.25, 0.3) is 16.9 Å². The standard InChI is InChI=1S/C33H36F3N5O2/c1-20(2)19-43-29-7-5-6-21(3)30(29)41-31(24-10-14-26(15-11-24)38-32(37)42)27-18-40(17-16-28(27)39-41)22(4)23-8-12-25(13-9-23)33(34,35)36/h5-15,20,22H,16-19H2,1-4H3,(H3,37,38,42). The zero-order valence-corrected chi connectivity index (χ0v) is 24.7. The van der Waals surface area contributed by atoms with E-state index in [2.05, 4.69) is 24.1 Å². The summed E-state index contributed by atoms with van der Waals surface area (Å²) >= 11 is 0. The first-order chi connectivity index (χ1) is 20.4. The van der Waals surface area contributed by atoms with Gasteiger partial charge in [-0.1, -0.05) is 50.2 Å². The summed E-state index contributed by atoms with van der Waals surface area (Å²) in [7, 11) is 0. The molecule has 1 atom stereocenters. The average molecular weight is 592 g/mol. The van der Waals surface area contributed by atoms with Gasteiger partial charge in [0.1, 0.15) is 11.4 Å². The Hall–Kier alpha value is -4.31. The van der Waals surface area contributed by atoms with Gasteiger partial charge < -0.3 is 15.8 Å². The summed E-state index contributed by atoms with van der Waals surface area (Å²) in [6.07, 6.45) is -3.70. The molecule has 0 radical (unpaired) electrons. The van der Waals surface area contributed by atoms with Crippen molar-refractivity contribution in [1.29, 1.82) is 0 Å². The van der Waals surface area contributed by atoms with Crippen molar-refractivity contribution in [3.63, 3.8) is 0 Å². The van der Waals surface area contributed by atoms with Gasteiger partial charge in [0.2, 0.25) is 0 Å². The lowest BCUT2D eigenvalue weighted by molar-refractivity contribution is -0.137. The summed E-state index contributed by atoms with van der Waals surface area (Å²) in [5, 5.41) is 7.72. The van der Waals surface area contributed by atoms with Crippen molar-refractivity contribution in [3.8, 4) is 22.7 Å². The number of hydrogen-bond acceptors (Lipinski definition) is 4. The number of carbonyl (C=O) groups is 1. The number of benzene rings is 3. The van der Waals surface area contributed by atoms with Crippen molar-refractivity contribution in [2.24, 2.45) is 11.7 Å². The van der Waals surface area contributed by atoms with Gasteiger partial charge in [0, 0.05) is 42.4 Å². The molecule has 10 heteroatoms. The molecule has 1 aromatic heterocycles. The number of carbonyl (C=O) groups excluding carboxylic acids is 1. The number of aromatic nitrogens is 2. The number of nitrogens with one attached hydrogen (secondary N) is 1. The van der Waals surface area contributed by atoms with Crippen LogP contribution in [0.4, 0.5) is 23.7 Å². The zero-order valence-electron chi connectivity index (χ0n) is 24.7. The lowest BCUT2D eigenvalue weighted by atomic mass is 9.97. The Morgan fingerprint density at radius 2 is 1.74 bits per heavy atom. The largest absolute Gasteiger partial charge is 0.491 e. The Morgan fingerprint density at radius 1 is 1.05 bits per heavy atom. The van der Waals surface area contributed by atoms with E-state index in [9.17, 15) is 18.0 Å². The molecule has 2 amide bonds. The van der Waals surface area contributed by atoms with Crippen LogP contribution >= 0.6 is 0 Å². The van der Waals surface area contributed by atoms with Crippen molar-refractivity contribution in [2.45, 2.75) is 52.9 Å². The molecular weight excluding hydrogens is 555 g/mol. The number of rotatable bonds is 8. The minimum absolute atomic E-state index is 0.114. The lowest BCUT2D eigenvalue weighted by Gasteiger charge is -2.32. The second-order valence-corrected chi connectivity index (χ2v) is 11.4. The van der Waals surface area contributed by atoms with Crippen LogP contribution in [-0.2, 0) is 19.1 Å². The SMILES string of the molecule is Cc1cccc(OCC(C)C)c1-n1nc2c(c1-c1ccc(NC(N)=O)cc1)CN(C(C)c1ccc(C(F)(F)F)cc1)CC2. The van der Waals surface area contributed by atoms with Crippen LogP contribution in [0.15, 0.2) is 66.7 Å². The summed E-state index contributed by atoms with van der Waals surface area (Å²) in [6.45, 7) is 10.1. The highest BCUT2D eigenvalue weighted by atomic mass is 19.4. The van der Waals surface area contributed by atoms with E-state index in [-0.39, 0.29) is 6.04 Å². The number of urea groups is 1. The summed E-state index contributed by atoms with van der Waals surface area (Å²) in [4.78, 5) is 13.7. The molecule has 0 spiro atoms. The Balaban J connectivity index is 1.57. The molecule has 0 fully saturated rings. The van der Waals surface area contributed by atoms with Crippen LogP contribution < -0.4 is 15.8 Å². The molecule has 7 nitrogen and oxygen atoms in total. The summed E-state index contributed by atoms with van der Waals surface area (Å²) in [5.41, 5.74) is 11.7. The first kappa shape index (κ1) is 30.2. The number of para-hydroxylation sites is 1. The van der Waals surface area contributed by atoms with Crippen molar-refractivity contribution >= 4 is 11.7 Å². The second-order valence-electron chi connectivity index (χ2n) is 11.4. The minimum atomic E-state index is -4.37. The predicted octanol–water partition coefficient (Wildman–Crippen LogP) is 7.51. The first-order valence-corrected chi connectivity index (χ1v) is 14.3. The molecule has 0 saturated carbocycles. The minimum Gasteiger partial charge on any atom is -0.491 e. The molecule has 1 aliphatic rings. The maximum Gasteiger partial charge on any atom is 0.416 e. The average Bonchev–Trinajstić information content (AvgIpc) is 3.33. The first-order valence-electron chi connectivity index (χ1n) is 14.3. The topological polar surface area (TPSA) is 85.4 Å². The number of aryl methyl sites for hydroxylation is 1. The zero-order chi connectivity index (χ0) is 30.9. The van der Waals surface area contributed by atoms with E-state index in [4.69, 9.17) is 15.6 Å². The Bertz CT molecular complexity index is 1590. The molecule has 1 unspecified atom stereocenters. The van der Waals surface area contributed by atoms with Crippen LogP contribution in [0.5, 0.6) is 5.75 Å². The normalized spacial score (nSPS) is 14.4. The molecule has 0 bridgehead atoms. The molecule has 3 aromatic carbocycles. The number of nitrogens with zero attached hydrogens (tertiary/aromatic N) is 3. The number of amides is 2. The third kappa shape index (κ3) is 6.54. The van der Waals surface area contributed by atoms with Gasteiger partial charge in [0.05, 0.1) is 23.6 Å². The number of hydrogen-bond donors (Lipinski definition) is 2. The molecular formula is C33H36F3N5O2. The molecule has 43 heavy (non-hydrogen) atoms. The van der Waals surface area contributed by atoms with Crippen LogP contribution in [0.1, 0.15) is 54.8 Å². The Kier molecular flexibility index (Phi) is 8.50. The monoisotopic (exact) mass is 591 g/mol. The molecule has 1 aliphatic heterocycles. The maximum atomic E-state index is 13.2. The summed E-state index contributed by atoms with van der Waals surface area (Å²) < 4.78 is 47.7. The highest BCUT2D eigenvalue weighted by Gasteiger charge is 2.32. The highest BCUT2D eigenvalue weighted by molar-refractivity contribution is 5.88. The lowest BCUT2D eigenvalue weighted by Crippen LogP contribution is -2.32. The fraction of sp³-hybridized carbons (Fsp3) is 0.333. The summed E-state index contributed by atoms with van der Waals surface area (Å²) in [6, 6.07) is 18.0. The van der Waals surface area contributed by atoms with E-state index in [1.807, 2.05) is 48.9 Å². The number of primary amides is 1. The molecule has 2 heterocycles. The number of ether oxygens (including phenoxy) is 1. The van der Waals surface area contributed by atoms with Gasteiger partial charge in [0.25, 0.3) is 0 Å². The quantitative estimate of drug-likeness (QED) is 0.222. The van der Waals surface area contributed by atoms with E-state index < -0.39 is 17.8 Å². The van der Waals surface area contributed by atoms with Gasteiger partial charge in [-0.25, -0.2) is 9.48 Å². The third-order valence-electron chi connectivity index (χ3n) is 7.74. The predicted molar refractivity (Wildman–Crippen MR) is 161 cm³/mol. The van der Waals surface area contributed by atoms with Gasteiger partial charge in [0.15, 0.2) is 0 Å². The highest BCUT2D eigenvalue weighted by Crippen LogP contribution is 2.39. The van der Waals surface area contributed by atoms with Gasteiger partial charge >= 0.3 is 12.2 Å². The maximum absolute atomic E-state index is 13.2. The van der Waals surface area contributed by atoms with Crippen molar-refractivity contribution in [3.05, 3.63) is 94.7 Å². The number of anilines is 1. The molecule has 0 saturated heterocycles. The smallest absolute Gasteiger partial charge is 0.416 e. The van der Waals surface area contributed by atoms with Gasteiger partial charge in [-0.05, 0) is 61.2 Å². The van der Waals surface area contributed by atoms with E-state index in [1.165, 1.54) is 0 Å². The van der Waals surface area contributed by atoms with E-state index in [0.29, 0.717) is 37.7 Å². The molecule has 226 valence electrons. The van der Waals surface area contributed by atoms with Crippen molar-refractivity contribution in [1.82, 2.24) is 14.7 Å². The Morgan fingerprint density at radius 3 is 2.37 bits per heavy atom. The molecule has 5 rings (SSSR count). The second kappa shape index (κ2) is 12.1. The van der Waals surface area contributed by atoms with E-state index >= 15 is 0 Å². The Labute approximate surface area is 249 Å². The van der Waals surface area contributed by atoms with E-state index in [0.717, 1.165) is 57.2 Å². The number of alkyl halides is 3. The van der Waals surface area contributed by atoms with Crippen LogP contribution in [0.3, 0.4) is 0 Å². The van der Waals surface area contributed by atoms with Crippen LogP contribution in [0.2, 0.25) is 0 Å². The molecule has 3 N–H and O–H groups in total. The number of nitrogens with two attached hydrogens (primary N) is 1. The third-order valence-corrected chi connectivity index (χ3v) is 7.74. The number of fused-ring (bicyclic) bond motifs is 1. The van der Waals surface area contributed by atoms with Crippen molar-refractivity contribution < 1.29 is 22.7 Å². The molecule has 0 aliphatic carbocycles. The van der Waals surface area contributed by atoms with Gasteiger partial charge in [-0.2, -0.15) is 18.3 Å². The van der Waals surface area contributed by atoms with Crippen LogP contribution in [0, 0.1) is 12.8 Å². The molecule has 4 aromatic rings. The fourth-order valence-electron chi connectivity index (χ4n) is 5.47. The van der Waals surface area contributed by atoms with Gasteiger partial charge in [-0.15, -0.1) is 0 Å². The number of halogens is 3.